The average molecular weight is 227 g/mol. The number of hydrogen-bond donors (Lipinski definition) is 2. The number of rotatable bonds is 1. The number of piperazine rings is 1. The summed E-state index contributed by atoms with van der Waals surface area (Å²) in [4.78, 5) is 23.8. The monoisotopic (exact) mass is 227 g/mol. The lowest BCUT2D eigenvalue weighted by Crippen LogP contribution is -2.48. The van der Waals surface area contributed by atoms with Crippen LogP contribution in [0.2, 0.25) is 0 Å². The highest BCUT2D eigenvalue weighted by Gasteiger charge is 2.26. The molecule has 7 heteroatoms. The van der Waals surface area contributed by atoms with Gasteiger partial charge >= 0.3 is 6.09 Å². The Labute approximate surface area is 91.3 Å². The Balaban J connectivity index is 2.07. The molecule has 7 nitrogen and oxygen atoms in total. The minimum atomic E-state index is -0.371. The molecule has 1 aromatic rings. The van der Waals surface area contributed by atoms with E-state index in [0.29, 0.717) is 25.4 Å². The second-order valence-corrected chi connectivity index (χ2v) is 3.54. The lowest BCUT2D eigenvalue weighted by atomic mass is 10.1. The number of aromatic amines is 1. The van der Waals surface area contributed by atoms with Gasteiger partial charge in [-0.2, -0.15) is 5.16 Å². The van der Waals surface area contributed by atoms with Crippen molar-refractivity contribution in [1.29, 1.82) is 0 Å². The average Bonchev–Trinajstić information content (AvgIpc) is 2.75. The molecule has 1 atom stereocenters. The van der Waals surface area contributed by atoms with E-state index in [9.17, 15) is 9.59 Å². The fourth-order valence-corrected chi connectivity index (χ4v) is 1.70. The first-order chi connectivity index (χ1) is 7.70. The highest BCUT2D eigenvalue weighted by molar-refractivity contribution is 5.67. The fourth-order valence-electron chi connectivity index (χ4n) is 1.70. The highest BCUT2D eigenvalue weighted by Crippen LogP contribution is 2.15. The maximum Gasteiger partial charge on any atom is 0.409 e. The second kappa shape index (κ2) is 4.40. The molecule has 0 spiro atoms. The summed E-state index contributed by atoms with van der Waals surface area (Å²) in [5.41, 5.74) is -0.285. The van der Waals surface area contributed by atoms with E-state index < -0.39 is 0 Å². The largest absolute Gasteiger partial charge is 0.453 e. The number of hydrogen-bond acceptors (Lipinski definition) is 5. The molecule has 2 heterocycles. The van der Waals surface area contributed by atoms with E-state index in [1.165, 1.54) is 13.2 Å². The smallest absolute Gasteiger partial charge is 0.409 e. The van der Waals surface area contributed by atoms with E-state index in [2.05, 4.69) is 15.2 Å². The number of amides is 1. The van der Waals surface area contributed by atoms with Crippen molar-refractivity contribution in [3.63, 3.8) is 0 Å². The molecule has 16 heavy (non-hydrogen) atoms. The molecule has 1 saturated heterocycles. The predicted octanol–water partition coefficient (Wildman–Crippen LogP) is -0.319. The fraction of sp³-hybridized carbons (Fsp3) is 0.556. The van der Waals surface area contributed by atoms with Gasteiger partial charge in [0, 0.05) is 25.7 Å². The quantitative estimate of drug-likeness (QED) is 0.686. The van der Waals surface area contributed by atoms with Gasteiger partial charge in [0.15, 0.2) is 5.76 Å². The molecule has 1 aliphatic rings. The third-order valence-corrected chi connectivity index (χ3v) is 2.49. The Morgan fingerprint density at radius 2 is 2.50 bits per heavy atom. The van der Waals surface area contributed by atoms with Crippen molar-refractivity contribution in [1.82, 2.24) is 15.4 Å². The van der Waals surface area contributed by atoms with Crippen LogP contribution in [0.15, 0.2) is 15.4 Å². The molecule has 1 amide bonds. The summed E-state index contributed by atoms with van der Waals surface area (Å²) in [6.45, 7) is 1.64. The summed E-state index contributed by atoms with van der Waals surface area (Å²) in [6.07, 6.45) is -0.371. The Hall–Kier alpha value is -1.76. The van der Waals surface area contributed by atoms with Crippen molar-refractivity contribution in [3.8, 4) is 0 Å². The summed E-state index contributed by atoms with van der Waals surface area (Å²) < 4.78 is 9.62. The molecule has 1 unspecified atom stereocenters. The summed E-state index contributed by atoms with van der Waals surface area (Å²) in [6, 6.07) is 1.20. The van der Waals surface area contributed by atoms with Crippen LogP contribution in [0.3, 0.4) is 0 Å². The first kappa shape index (κ1) is 10.7. The number of carbonyl (C=O) groups is 1. The number of nitrogens with one attached hydrogen (secondary N) is 2. The molecule has 0 aromatic carbocycles. The van der Waals surface area contributed by atoms with E-state index in [1.807, 2.05) is 0 Å². The highest BCUT2D eigenvalue weighted by atomic mass is 16.5. The molecule has 1 aromatic heterocycles. The zero-order valence-corrected chi connectivity index (χ0v) is 8.86. The third kappa shape index (κ3) is 2.08. The van der Waals surface area contributed by atoms with E-state index in [0.717, 1.165) is 0 Å². The van der Waals surface area contributed by atoms with E-state index in [4.69, 9.17) is 4.52 Å². The molecule has 0 radical (unpaired) electrons. The maximum absolute atomic E-state index is 11.3. The van der Waals surface area contributed by atoms with Gasteiger partial charge in [0.1, 0.15) is 0 Å². The molecule has 2 N–H and O–H groups in total. The Morgan fingerprint density at radius 1 is 1.69 bits per heavy atom. The lowest BCUT2D eigenvalue weighted by Gasteiger charge is -2.31. The minimum absolute atomic E-state index is 0.174. The van der Waals surface area contributed by atoms with Gasteiger partial charge in [0.25, 0.3) is 5.56 Å². The molecule has 1 fully saturated rings. The lowest BCUT2D eigenvalue weighted by molar-refractivity contribution is 0.106. The molecular weight excluding hydrogens is 214 g/mol. The molecule has 2 rings (SSSR count). The van der Waals surface area contributed by atoms with Crippen molar-refractivity contribution < 1.29 is 14.1 Å². The number of aromatic nitrogens is 1. The van der Waals surface area contributed by atoms with Crippen LogP contribution < -0.4 is 10.9 Å². The normalized spacial score (nSPS) is 20.8. The molecule has 88 valence electrons. The van der Waals surface area contributed by atoms with Gasteiger partial charge in [-0.25, -0.2) is 4.79 Å². The molecule has 1 aliphatic heterocycles. The summed E-state index contributed by atoms with van der Waals surface area (Å²) >= 11 is 0. The van der Waals surface area contributed by atoms with Crippen LogP contribution in [0.4, 0.5) is 4.79 Å². The molecule has 0 aliphatic carbocycles. The van der Waals surface area contributed by atoms with E-state index in [1.54, 1.807) is 4.90 Å². The van der Waals surface area contributed by atoms with Crippen LogP contribution >= 0.6 is 0 Å². The molecule has 0 saturated carbocycles. The molecule has 0 bridgehead atoms. The van der Waals surface area contributed by atoms with Crippen LogP contribution in [0.25, 0.3) is 0 Å². The Morgan fingerprint density at radius 3 is 3.12 bits per heavy atom. The van der Waals surface area contributed by atoms with Gasteiger partial charge < -0.3 is 19.5 Å². The third-order valence-electron chi connectivity index (χ3n) is 2.49. The summed E-state index contributed by atoms with van der Waals surface area (Å²) in [7, 11) is 1.34. The van der Waals surface area contributed by atoms with Crippen molar-refractivity contribution >= 4 is 6.09 Å². The SMILES string of the molecule is COC(=O)N1CCNC(c2cc(=O)[nH]o2)C1. The van der Waals surface area contributed by atoms with Crippen LogP contribution in [0.5, 0.6) is 0 Å². The van der Waals surface area contributed by atoms with Gasteiger partial charge in [0.2, 0.25) is 0 Å². The van der Waals surface area contributed by atoms with E-state index >= 15 is 0 Å². The van der Waals surface area contributed by atoms with Crippen molar-refractivity contribution in [2.75, 3.05) is 26.7 Å². The number of H-pyrrole nitrogens is 1. The second-order valence-electron chi connectivity index (χ2n) is 3.54. The maximum atomic E-state index is 11.3. The van der Waals surface area contributed by atoms with Gasteiger partial charge in [-0.15, -0.1) is 0 Å². The summed E-state index contributed by atoms with van der Waals surface area (Å²) in [5, 5.41) is 5.37. The standard InChI is InChI=1S/C9H13N3O4/c1-15-9(14)12-3-2-10-6(5-12)7-4-8(13)11-16-7/h4,6,10H,2-3,5H2,1H3,(H,11,13). The van der Waals surface area contributed by atoms with E-state index in [-0.39, 0.29) is 17.7 Å². The number of ether oxygens (including phenoxy) is 1. The van der Waals surface area contributed by atoms with Crippen molar-refractivity contribution in [2.24, 2.45) is 0 Å². The minimum Gasteiger partial charge on any atom is -0.453 e. The van der Waals surface area contributed by atoms with Crippen LogP contribution in [-0.4, -0.2) is 42.9 Å². The number of nitrogens with zero attached hydrogens (tertiary/aromatic N) is 1. The van der Waals surface area contributed by atoms with Crippen molar-refractivity contribution in [2.45, 2.75) is 6.04 Å². The van der Waals surface area contributed by atoms with Crippen LogP contribution in [0.1, 0.15) is 11.8 Å². The molecular formula is C9H13N3O4. The zero-order chi connectivity index (χ0) is 11.5. The topological polar surface area (TPSA) is 87.6 Å². The Bertz CT molecular complexity index is 424. The first-order valence-corrected chi connectivity index (χ1v) is 4.95. The van der Waals surface area contributed by atoms with Gasteiger partial charge in [-0.3, -0.25) is 4.79 Å². The van der Waals surface area contributed by atoms with Crippen molar-refractivity contribution in [3.05, 3.63) is 22.2 Å². The Kier molecular flexibility index (Phi) is 2.95. The number of methoxy groups -OCH3 is 1. The van der Waals surface area contributed by atoms with Gasteiger partial charge in [-0.1, -0.05) is 0 Å². The van der Waals surface area contributed by atoms with Crippen LogP contribution in [-0.2, 0) is 4.74 Å². The van der Waals surface area contributed by atoms with Crippen LogP contribution in [0, 0.1) is 0 Å². The zero-order valence-electron chi connectivity index (χ0n) is 8.86. The predicted molar refractivity (Wildman–Crippen MR) is 54.1 cm³/mol. The number of carbonyl (C=O) groups excluding carboxylic acids is 1. The van der Waals surface area contributed by atoms with Gasteiger partial charge in [-0.05, 0) is 0 Å². The first-order valence-electron chi connectivity index (χ1n) is 4.95. The van der Waals surface area contributed by atoms with Gasteiger partial charge in [0.05, 0.1) is 13.2 Å². The summed E-state index contributed by atoms with van der Waals surface area (Å²) in [5.74, 6) is 0.499.